The molecule has 2 bridgehead atoms. The van der Waals surface area contributed by atoms with E-state index in [1.165, 1.54) is 18.2 Å². The summed E-state index contributed by atoms with van der Waals surface area (Å²) in [6.45, 7) is 4.66. The lowest BCUT2D eigenvalue weighted by Crippen LogP contribution is -2.45. The Bertz CT molecular complexity index is 911. The van der Waals surface area contributed by atoms with E-state index in [2.05, 4.69) is 10.5 Å². The molecule has 2 amide bonds. The second kappa shape index (κ2) is 7.94. The molecule has 8 heteroatoms. The fourth-order valence-electron chi connectivity index (χ4n) is 4.07. The number of anilines is 1. The van der Waals surface area contributed by atoms with E-state index in [1.807, 2.05) is 6.92 Å². The largest absolute Gasteiger partial charge is 0.371 e. The third-order valence-corrected chi connectivity index (χ3v) is 5.54. The molecule has 1 aromatic heterocycles. The van der Waals surface area contributed by atoms with Gasteiger partial charge in [-0.3, -0.25) is 9.59 Å². The number of nitrogens with zero attached hydrogens (tertiary/aromatic N) is 2. The zero-order valence-electron chi connectivity index (χ0n) is 16.5. The highest BCUT2D eigenvalue weighted by molar-refractivity contribution is 5.97. The first kappa shape index (κ1) is 19.6. The SMILES string of the molecule is Cc1noc(C)c1CCC(=O)Nc1cc(F)cc(C(=O)N2C[C@H]3CC[C@@H](C2)O3)c1. The monoisotopic (exact) mass is 401 g/mol. The minimum absolute atomic E-state index is 0.0646. The molecule has 2 aliphatic rings. The summed E-state index contributed by atoms with van der Waals surface area (Å²) in [5, 5.41) is 6.56. The third-order valence-electron chi connectivity index (χ3n) is 5.54. The number of ether oxygens (including phenoxy) is 1. The molecule has 2 fully saturated rings. The number of carbonyl (C=O) groups excluding carboxylic acids is 2. The maximum absolute atomic E-state index is 14.1. The first-order valence-electron chi connectivity index (χ1n) is 9.86. The summed E-state index contributed by atoms with van der Waals surface area (Å²) in [5.74, 6) is -0.379. The van der Waals surface area contributed by atoms with Gasteiger partial charge in [0.1, 0.15) is 11.6 Å². The van der Waals surface area contributed by atoms with Gasteiger partial charge in [-0.15, -0.1) is 0 Å². The van der Waals surface area contributed by atoms with E-state index in [4.69, 9.17) is 9.26 Å². The molecule has 0 spiro atoms. The highest BCUT2D eigenvalue weighted by Gasteiger charge is 2.36. The number of benzene rings is 1. The first-order valence-corrected chi connectivity index (χ1v) is 9.86. The number of aryl methyl sites for hydroxylation is 2. The van der Waals surface area contributed by atoms with Gasteiger partial charge in [-0.25, -0.2) is 4.39 Å². The highest BCUT2D eigenvalue weighted by atomic mass is 19.1. The van der Waals surface area contributed by atoms with Crippen molar-refractivity contribution in [3.63, 3.8) is 0 Å². The predicted molar refractivity (Wildman–Crippen MR) is 103 cm³/mol. The molecule has 3 heterocycles. The molecular weight excluding hydrogens is 377 g/mol. The van der Waals surface area contributed by atoms with Crippen LogP contribution >= 0.6 is 0 Å². The average Bonchev–Trinajstić information content (AvgIpc) is 3.19. The number of amides is 2. The molecule has 0 radical (unpaired) electrons. The summed E-state index contributed by atoms with van der Waals surface area (Å²) in [7, 11) is 0. The number of morpholine rings is 1. The molecule has 4 rings (SSSR count). The smallest absolute Gasteiger partial charge is 0.254 e. The lowest BCUT2D eigenvalue weighted by atomic mass is 10.1. The Morgan fingerprint density at radius 2 is 1.93 bits per heavy atom. The molecule has 0 aliphatic carbocycles. The van der Waals surface area contributed by atoms with Crippen molar-refractivity contribution in [3.8, 4) is 0 Å². The molecule has 0 unspecified atom stereocenters. The molecule has 29 heavy (non-hydrogen) atoms. The van der Waals surface area contributed by atoms with Gasteiger partial charge in [0.15, 0.2) is 0 Å². The van der Waals surface area contributed by atoms with Crippen molar-refractivity contribution in [1.29, 1.82) is 0 Å². The number of halogens is 1. The van der Waals surface area contributed by atoms with E-state index in [0.717, 1.165) is 24.1 Å². The predicted octanol–water partition coefficient (Wildman–Crippen LogP) is 3.01. The molecule has 0 saturated carbocycles. The quantitative estimate of drug-likeness (QED) is 0.833. The molecule has 7 nitrogen and oxygen atoms in total. The van der Waals surface area contributed by atoms with Crippen molar-refractivity contribution in [1.82, 2.24) is 10.1 Å². The van der Waals surface area contributed by atoms with Crippen LogP contribution in [0, 0.1) is 19.7 Å². The third kappa shape index (κ3) is 4.32. The second-order valence-electron chi connectivity index (χ2n) is 7.75. The molecule has 154 valence electrons. The molecule has 2 aromatic rings. The lowest BCUT2D eigenvalue weighted by molar-refractivity contribution is -0.116. The Hall–Kier alpha value is -2.74. The van der Waals surface area contributed by atoms with Crippen LogP contribution in [0.25, 0.3) is 0 Å². The van der Waals surface area contributed by atoms with Crippen molar-refractivity contribution < 1.29 is 23.2 Å². The van der Waals surface area contributed by atoms with E-state index < -0.39 is 5.82 Å². The van der Waals surface area contributed by atoms with Crippen molar-refractivity contribution in [2.24, 2.45) is 0 Å². The van der Waals surface area contributed by atoms with Gasteiger partial charge in [-0.1, -0.05) is 5.16 Å². The summed E-state index contributed by atoms with van der Waals surface area (Å²) < 4.78 is 25.0. The number of aromatic nitrogens is 1. The number of carbonyl (C=O) groups is 2. The number of nitrogens with one attached hydrogen (secondary N) is 1. The summed E-state index contributed by atoms with van der Waals surface area (Å²) in [6.07, 6.45) is 2.71. The number of rotatable bonds is 5. The van der Waals surface area contributed by atoms with Gasteiger partial charge in [0.05, 0.1) is 17.9 Å². The Balaban J connectivity index is 1.41. The van der Waals surface area contributed by atoms with Crippen LogP contribution in [0.1, 0.15) is 46.6 Å². The van der Waals surface area contributed by atoms with E-state index in [0.29, 0.717) is 25.3 Å². The topological polar surface area (TPSA) is 84.7 Å². The van der Waals surface area contributed by atoms with E-state index in [1.54, 1.807) is 11.8 Å². The van der Waals surface area contributed by atoms with Crippen LogP contribution in [0.3, 0.4) is 0 Å². The van der Waals surface area contributed by atoms with Crippen LogP contribution in [-0.2, 0) is 16.0 Å². The second-order valence-corrected chi connectivity index (χ2v) is 7.75. The zero-order valence-corrected chi connectivity index (χ0v) is 16.5. The normalized spacial score (nSPS) is 20.7. The van der Waals surface area contributed by atoms with Crippen molar-refractivity contribution >= 4 is 17.5 Å². The number of likely N-dealkylation sites (tertiary alicyclic amines) is 1. The van der Waals surface area contributed by atoms with Crippen LogP contribution in [0.2, 0.25) is 0 Å². The maximum Gasteiger partial charge on any atom is 0.254 e. The summed E-state index contributed by atoms with van der Waals surface area (Å²) in [6, 6.07) is 3.95. The lowest BCUT2D eigenvalue weighted by Gasteiger charge is -2.32. The Labute approximate surface area is 168 Å². The summed E-state index contributed by atoms with van der Waals surface area (Å²) in [5.41, 5.74) is 2.16. The summed E-state index contributed by atoms with van der Waals surface area (Å²) in [4.78, 5) is 26.9. The van der Waals surface area contributed by atoms with E-state index >= 15 is 0 Å². The van der Waals surface area contributed by atoms with E-state index in [9.17, 15) is 14.0 Å². The Morgan fingerprint density at radius 3 is 2.59 bits per heavy atom. The number of fused-ring (bicyclic) bond motifs is 2. The molecule has 1 N–H and O–H groups in total. The van der Waals surface area contributed by atoms with Crippen molar-refractivity contribution in [2.75, 3.05) is 18.4 Å². The van der Waals surface area contributed by atoms with Crippen LogP contribution in [0.5, 0.6) is 0 Å². The van der Waals surface area contributed by atoms with E-state index in [-0.39, 0.29) is 41.7 Å². The number of hydrogen-bond donors (Lipinski definition) is 1. The van der Waals surface area contributed by atoms with Crippen molar-refractivity contribution in [2.45, 2.75) is 51.7 Å². The molecule has 1 aromatic carbocycles. The van der Waals surface area contributed by atoms with Crippen molar-refractivity contribution in [3.05, 3.63) is 46.6 Å². The Morgan fingerprint density at radius 1 is 1.21 bits per heavy atom. The van der Waals surface area contributed by atoms with Gasteiger partial charge < -0.3 is 19.5 Å². The molecular formula is C21H24FN3O4. The van der Waals surface area contributed by atoms with Gasteiger partial charge in [0.25, 0.3) is 5.91 Å². The number of hydrogen-bond acceptors (Lipinski definition) is 5. The summed E-state index contributed by atoms with van der Waals surface area (Å²) >= 11 is 0. The Kier molecular flexibility index (Phi) is 5.36. The zero-order chi connectivity index (χ0) is 20.5. The van der Waals surface area contributed by atoms with Gasteiger partial charge in [-0.2, -0.15) is 0 Å². The minimum Gasteiger partial charge on any atom is -0.371 e. The first-order chi connectivity index (χ1) is 13.9. The van der Waals surface area contributed by atoms with Crippen LogP contribution in [0.15, 0.2) is 22.7 Å². The van der Waals surface area contributed by atoms with Crippen LogP contribution in [-0.4, -0.2) is 47.2 Å². The highest BCUT2D eigenvalue weighted by Crippen LogP contribution is 2.27. The van der Waals surface area contributed by atoms with Crippen LogP contribution < -0.4 is 5.32 Å². The van der Waals surface area contributed by atoms with Gasteiger partial charge in [0.2, 0.25) is 5.91 Å². The van der Waals surface area contributed by atoms with Gasteiger partial charge in [0, 0.05) is 36.3 Å². The minimum atomic E-state index is -0.562. The van der Waals surface area contributed by atoms with Gasteiger partial charge in [-0.05, 0) is 51.3 Å². The average molecular weight is 401 g/mol. The van der Waals surface area contributed by atoms with Gasteiger partial charge >= 0.3 is 0 Å². The molecule has 2 atom stereocenters. The standard InChI is InChI=1S/C21H24FN3O4/c1-12-19(13(2)29-24-12)5-6-20(26)23-16-8-14(7-15(22)9-16)21(27)25-10-17-3-4-18(11-25)28-17/h7-9,17-18H,3-6,10-11H2,1-2H3,(H,23,26)/t17-,18+. The molecule has 2 aliphatic heterocycles. The molecule has 2 saturated heterocycles. The fraction of sp³-hybridized carbons (Fsp3) is 0.476. The fourth-order valence-corrected chi connectivity index (χ4v) is 4.07. The van der Waals surface area contributed by atoms with Crippen LogP contribution in [0.4, 0.5) is 10.1 Å². The maximum atomic E-state index is 14.1.